The van der Waals surface area contributed by atoms with E-state index in [0.717, 1.165) is 0 Å². The topological polar surface area (TPSA) is 26.0 Å². The average Bonchev–Trinajstić information content (AvgIpc) is 1.94. The number of rotatable bonds is 1. The van der Waals surface area contributed by atoms with Gasteiger partial charge in [0, 0.05) is 0 Å². The maximum absolute atomic E-state index is 4.50. The first-order valence-electron chi connectivity index (χ1n) is 3.91. The van der Waals surface area contributed by atoms with Crippen LogP contribution in [0, 0.1) is 0 Å². The van der Waals surface area contributed by atoms with Crippen molar-refractivity contribution in [1.29, 1.82) is 0 Å². The molecule has 0 aromatic rings. The molecule has 0 atom stereocenters. The van der Waals surface area contributed by atoms with Crippen molar-refractivity contribution >= 4 is 0 Å². The lowest BCUT2D eigenvalue weighted by molar-refractivity contribution is 0.886. The molecule has 0 rings (SSSR count). The van der Waals surface area contributed by atoms with Crippen molar-refractivity contribution in [3.8, 4) is 0 Å². The van der Waals surface area contributed by atoms with Gasteiger partial charge >= 0.3 is 0 Å². The van der Waals surface area contributed by atoms with Gasteiger partial charge in [-0.3, -0.25) is 0 Å². The smallest absolute Gasteiger partial charge is 0.0195 e. The zero-order valence-electron chi connectivity index (χ0n) is 7.70. The molecule has 0 saturated heterocycles. The molecule has 0 aromatic heterocycles. The minimum atomic E-state index is 1.25. The van der Waals surface area contributed by atoms with E-state index < -0.39 is 0 Å². The quantitative estimate of drug-likeness (QED) is 0.585. The fourth-order valence-corrected chi connectivity index (χ4v) is 0. The van der Waals surface area contributed by atoms with E-state index in [2.05, 4.69) is 33.4 Å². The summed E-state index contributed by atoms with van der Waals surface area (Å²) in [7, 11) is 1.50. The molecule has 0 amide bonds. The van der Waals surface area contributed by atoms with Gasteiger partial charge < -0.3 is 5.73 Å². The molecular weight excluding hydrogens is 110 g/mol. The molecule has 0 aliphatic heterocycles. The number of hydrogen-bond acceptors (Lipinski definition) is 1. The first-order valence-corrected chi connectivity index (χ1v) is 3.91. The van der Waals surface area contributed by atoms with Crippen molar-refractivity contribution in [2.75, 3.05) is 7.05 Å². The van der Waals surface area contributed by atoms with Crippen LogP contribution in [0.5, 0.6) is 0 Å². The summed E-state index contributed by atoms with van der Waals surface area (Å²) in [6.07, 6.45) is 3.89. The molecule has 0 saturated carbocycles. The summed E-state index contributed by atoms with van der Waals surface area (Å²) in [5.41, 5.74) is 4.50. The van der Waals surface area contributed by atoms with Gasteiger partial charge in [-0.1, -0.05) is 47.0 Å². The second-order valence-corrected chi connectivity index (χ2v) is 1.71. The van der Waals surface area contributed by atoms with Crippen molar-refractivity contribution in [2.24, 2.45) is 5.73 Å². The highest BCUT2D eigenvalue weighted by molar-refractivity contribution is 4.12. The van der Waals surface area contributed by atoms with E-state index in [0.29, 0.717) is 0 Å². The van der Waals surface area contributed by atoms with Crippen LogP contribution in [0.15, 0.2) is 0 Å². The van der Waals surface area contributed by atoms with Crippen LogP contribution in [0.2, 0.25) is 0 Å². The van der Waals surface area contributed by atoms with E-state index in [-0.39, 0.29) is 0 Å². The van der Waals surface area contributed by atoms with Crippen LogP contribution < -0.4 is 5.73 Å². The van der Waals surface area contributed by atoms with E-state index in [1.165, 1.54) is 26.3 Å². The van der Waals surface area contributed by atoms with Crippen molar-refractivity contribution in [3.05, 3.63) is 0 Å². The summed E-state index contributed by atoms with van der Waals surface area (Å²) in [5, 5.41) is 0. The van der Waals surface area contributed by atoms with Crippen molar-refractivity contribution in [1.82, 2.24) is 0 Å². The van der Waals surface area contributed by atoms with E-state index in [1.54, 1.807) is 0 Å². The summed E-state index contributed by atoms with van der Waals surface area (Å²) in [4.78, 5) is 0. The lowest BCUT2D eigenvalue weighted by atomic mass is 10.4. The fourth-order valence-electron chi connectivity index (χ4n) is 0. The minimum Gasteiger partial charge on any atom is -0.333 e. The van der Waals surface area contributed by atoms with Gasteiger partial charge in [-0.25, -0.2) is 0 Å². The standard InChI is InChI=1S/C4H10.C3H8.CH5N/c1-3-4-2;1-3-2;1-2/h3-4H2,1-2H3;3H2,1-2H3;2H2,1H3. The van der Waals surface area contributed by atoms with E-state index in [9.17, 15) is 0 Å². The molecule has 0 heterocycles. The Kier molecular flexibility index (Phi) is 78.2. The summed E-state index contributed by atoms with van der Waals surface area (Å²) in [5.74, 6) is 0. The molecule has 0 bridgehead atoms. The number of unbranched alkanes of at least 4 members (excludes halogenated alkanes) is 1. The zero-order valence-corrected chi connectivity index (χ0v) is 7.70. The average molecular weight is 133 g/mol. The van der Waals surface area contributed by atoms with Crippen molar-refractivity contribution in [3.63, 3.8) is 0 Å². The molecule has 1 nitrogen and oxygen atoms in total. The Labute approximate surface area is 60.6 Å². The first-order chi connectivity index (χ1) is 4.33. The Hall–Kier alpha value is -0.0400. The van der Waals surface area contributed by atoms with Gasteiger partial charge in [0.05, 0.1) is 0 Å². The maximum Gasteiger partial charge on any atom is -0.0195 e. The highest BCUT2D eigenvalue weighted by Crippen LogP contribution is 1.76. The predicted octanol–water partition coefficient (Wildman–Crippen LogP) is 2.80. The molecule has 0 aliphatic carbocycles. The monoisotopic (exact) mass is 133 g/mol. The largest absolute Gasteiger partial charge is 0.333 e. The molecule has 9 heavy (non-hydrogen) atoms. The van der Waals surface area contributed by atoms with Crippen LogP contribution in [-0.4, -0.2) is 7.05 Å². The van der Waals surface area contributed by atoms with Gasteiger partial charge in [0.25, 0.3) is 0 Å². The SMILES string of the molecule is CCC.CCCC.CN. The Bertz CT molecular complexity index is 12.0. The van der Waals surface area contributed by atoms with Gasteiger partial charge in [-0.15, -0.1) is 0 Å². The molecule has 1 heteroatoms. The number of nitrogens with two attached hydrogens (primary N) is 1. The summed E-state index contributed by atoms with van der Waals surface area (Å²) in [6, 6.07) is 0. The van der Waals surface area contributed by atoms with Gasteiger partial charge in [-0.05, 0) is 7.05 Å². The zero-order chi connectivity index (χ0) is 8.12. The summed E-state index contributed by atoms with van der Waals surface area (Å²) < 4.78 is 0. The Morgan fingerprint density at radius 1 is 0.778 bits per heavy atom. The van der Waals surface area contributed by atoms with E-state index in [4.69, 9.17) is 0 Å². The molecular formula is C8H23N. The van der Waals surface area contributed by atoms with Crippen LogP contribution in [0.3, 0.4) is 0 Å². The highest BCUT2D eigenvalue weighted by atomic mass is 14.4. The van der Waals surface area contributed by atoms with Crippen molar-refractivity contribution < 1.29 is 0 Å². The Morgan fingerprint density at radius 2 is 0.889 bits per heavy atom. The summed E-state index contributed by atoms with van der Waals surface area (Å²) >= 11 is 0. The molecule has 0 radical (unpaired) electrons. The maximum atomic E-state index is 4.50. The van der Waals surface area contributed by atoms with E-state index >= 15 is 0 Å². The molecule has 0 aliphatic rings. The molecule has 0 spiro atoms. The normalized spacial score (nSPS) is 6.00. The predicted molar refractivity (Wildman–Crippen MR) is 46.7 cm³/mol. The molecule has 0 aromatic carbocycles. The Morgan fingerprint density at radius 3 is 0.889 bits per heavy atom. The second-order valence-electron chi connectivity index (χ2n) is 1.71. The minimum absolute atomic E-state index is 1.25. The summed E-state index contributed by atoms with van der Waals surface area (Å²) in [6.45, 7) is 8.61. The molecule has 2 N–H and O–H groups in total. The Balaban J connectivity index is -0.0000000646. The van der Waals surface area contributed by atoms with Crippen LogP contribution in [-0.2, 0) is 0 Å². The third kappa shape index (κ3) is 307. The lowest BCUT2D eigenvalue weighted by Crippen LogP contribution is -1.69. The van der Waals surface area contributed by atoms with Crippen molar-refractivity contribution in [2.45, 2.75) is 47.0 Å². The van der Waals surface area contributed by atoms with Crippen LogP contribution in [0.1, 0.15) is 47.0 Å². The van der Waals surface area contributed by atoms with Crippen LogP contribution >= 0.6 is 0 Å². The van der Waals surface area contributed by atoms with E-state index in [1.807, 2.05) is 0 Å². The third-order valence-electron chi connectivity index (χ3n) is 0.500. The van der Waals surface area contributed by atoms with Crippen LogP contribution in [0.4, 0.5) is 0 Å². The third-order valence-corrected chi connectivity index (χ3v) is 0.500. The second kappa shape index (κ2) is 44.0. The van der Waals surface area contributed by atoms with Gasteiger partial charge in [0.2, 0.25) is 0 Å². The highest BCUT2D eigenvalue weighted by Gasteiger charge is 1.56. The molecule has 60 valence electrons. The fraction of sp³-hybridized carbons (Fsp3) is 1.00. The molecule has 0 unspecified atom stereocenters. The van der Waals surface area contributed by atoms with Gasteiger partial charge in [0.1, 0.15) is 0 Å². The van der Waals surface area contributed by atoms with Gasteiger partial charge in [-0.2, -0.15) is 0 Å². The molecule has 0 fully saturated rings. The first kappa shape index (κ1) is 16.0. The van der Waals surface area contributed by atoms with Gasteiger partial charge in [0.15, 0.2) is 0 Å². The van der Waals surface area contributed by atoms with Crippen LogP contribution in [0.25, 0.3) is 0 Å². The lowest BCUT2D eigenvalue weighted by Gasteiger charge is -1.68. The number of hydrogen-bond donors (Lipinski definition) is 1.